The molecule has 84 valence electrons. The molecule has 4 rings (SSSR count). The molecule has 0 heterocycles. The van der Waals surface area contributed by atoms with Gasteiger partial charge in [0.2, 0.25) is 0 Å². The van der Waals surface area contributed by atoms with Gasteiger partial charge in [-0.05, 0) is 28.7 Å². The van der Waals surface area contributed by atoms with Crippen LogP contribution in [0.25, 0.3) is 10.8 Å². The highest BCUT2D eigenvalue weighted by molar-refractivity contribution is 5.91. The molecule has 1 nitrogen and oxygen atoms in total. The maximum absolute atomic E-state index is 11.6. The van der Waals surface area contributed by atoms with Crippen molar-refractivity contribution in [2.75, 3.05) is 0 Å². The van der Waals surface area contributed by atoms with Crippen LogP contribution in [-0.4, -0.2) is 5.78 Å². The number of hydrogen-bond donors (Lipinski definition) is 0. The van der Waals surface area contributed by atoms with Crippen LogP contribution in [-0.2, 0) is 10.2 Å². The third-order valence-electron chi connectivity index (χ3n) is 4.54. The molecule has 2 aromatic carbocycles. The smallest absolute Gasteiger partial charge is 0.134 e. The van der Waals surface area contributed by atoms with E-state index in [9.17, 15) is 4.79 Å². The van der Waals surface area contributed by atoms with Crippen molar-refractivity contribution in [2.24, 2.45) is 5.92 Å². The second kappa shape index (κ2) is 2.98. The Kier molecular flexibility index (Phi) is 1.65. The minimum absolute atomic E-state index is 0.206. The topological polar surface area (TPSA) is 17.1 Å². The van der Waals surface area contributed by atoms with Crippen LogP contribution in [0, 0.1) is 5.92 Å². The van der Waals surface area contributed by atoms with Crippen molar-refractivity contribution in [2.45, 2.75) is 24.7 Å². The van der Waals surface area contributed by atoms with Crippen LogP contribution >= 0.6 is 0 Å². The fraction of sp³-hybridized carbons (Fsp3) is 0.312. The largest absolute Gasteiger partial charge is 0.300 e. The van der Waals surface area contributed by atoms with Gasteiger partial charge in [0.25, 0.3) is 0 Å². The molecule has 0 spiro atoms. The molecule has 0 radical (unpaired) electrons. The molecular formula is C16H14O. The number of ketones is 1. The third-order valence-corrected chi connectivity index (χ3v) is 4.54. The van der Waals surface area contributed by atoms with Gasteiger partial charge in [-0.3, -0.25) is 4.79 Å². The Balaban J connectivity index is 1.95. The summed E-state index contributed by atoms with van der Waals surface area (Å²) >= 11 is 0. The molecule has 2 atom stereocenters. The van der Waals surface area contributed by atoms with Crippen LogP contribution in [0.2, 0.25) is 0 Å². The highest BCUT2D eigenvalue weighted by Crippen LogP contribution is 2.64. The Morgan fingerprint density at radius 1 is 1.06 bits per heavy atom. The summed E-state index contributed by atoms with van der Waals surface area (Å²) in [5.41, 5.74) is 1.62. The van der Waals surface area contributed by atoms with Gasteiger partial charge in [0.05, 0.1) is 0 Å². The molecule has 0 N–H and O–H groups in total. The maximum Gasteiger partial charge on any atom is 0.134 e. The van der Waals surface area contributed by atoms with E-state index in [-0.39, 0.29) is 5.41 Å². The fourth-order valence-electron chi connectivity index (χ4n) is 3.65. The number of hydrogen-bond acceptors (Lipinski definition) is 1. The summed E-state index contributed by atoms with van der Waals surface area (Å²) in [4.78, 5) is 11.6. The van der Waals surface area contributed by atoms with Gasteiger partial charge in [0.1, 0.15) is 5.78 Å². The van der Waals surface area contributed by atoms with Gasteiger partial charge in [-0.25, -0.2) is 0 Å². The van der Waals surface area contributed by atoms with E-state index in [1.165, 1.54) is 22.8 Å². The molecule has 0 unspecified atom stereocenters. The lowest BCUT2D eigenvalue weighted by atomic mass is 9.89. The predicted molar refractivity (Wildman–Crippen MR) is 68.0 cm³/mol. The van der Waals surface area contributed by atoms with Gasteiger partial charge < -0.3 is 0 Å². The Hall–Kier alpha value is -1.63. The highest BCUT2D eigenvalue weighted by Gasteiger charge is 2.61. The molecule has 0 aliphatic heterocycles. The van der Waals surface area contributed by atoms with Crippen LogP contribution in [0.4, 0.5) is 0 Å². The Bertz CT molecular complexity index is 623. The van der Waals surface area contributed by atoms with E-state index in [0.29, 0.717) is 11.7 Å². The molecule has 2 fully saturated rings. The van der Waals surface area contributed by atoms with Crippen molar-refractivity contribution in [1.82, 2.24) is 0 Å². The Labute approximate surface area is 100 Å². The molecule has 0 aromatic heterocycles. The van der Waals surface area contributed by atoms with Crippen LogP contribution in [0.5, 0.6) is 0 Å². The van der Waals surface area contributed by atoms with Crippen molar-refractivity contribution in [3.63, 3.8) is 0 Å². The van der Waals surface area contributed by atoms with E-state index < -0.39 is 0 Å². The first-order chi connectivity index (χ1) is 8.29. The predicted octanol–water partition coefficient (Wildman–Crippen LogP) is 3.46. The van der Waals surface area contributed by atoms with E-state index in [1.54, 1.807) is 0 Å². The van der Waals surface area contributed by atoms with E-state index in [0.717, 1.165) is 12.8 Å². The van der Waals surface area contributed by atoms with Crippen LogP contribution < -0.4 is 0 Å². The second-order valence-electron chi connectivity index (χ2n) is 5.50. The van der Waals surface area contributed by atoms with Crippen molar-refractivity contribution in [1.29, 1.82) is 0 Å². The number of Topliss-reactive ketones (excluding diaryl/α,β-unsaturated/α-hetero) is 1. The number of carbonyl (C=O) groups excluding carboxylic acids is 1. The highest BCUT2D eigenvalue weighted by atomic mass is 16.1. The van der Waals surface area contributed by atoms with Crippen molar-refractivity contribution < 1.29 is 4.79 Å². The minimum Gasteiger partial charge on any atom is -0.300 e. The van der Waals surface area contributed by atoms with Gasteiger partial charge in [0.15, 0.2) is 0 Å². The normalized spacial score (nSPS) is 30.6. The van der Waals surface area contributed by atoms with E-state index in [4.69, 9.17) is 0 Å². The average Bonchev–Trinajstić information content (AvgIpc) is 2.92. The molecule has 2 aliphatic carbocycles. The summed E-state index contributed by atoms with van der Waals surface area (Å²) < 4.78 is 0. The first kappa shape index (κ1) is 9.41. The lowest BCUT2D eigenvalue weighted by Gasteiger charge is -2.14. The van der Waals surface area contributed by atoms with E-state index in [2.05, 4.69) is 42.5 Å². The number of benzene rings is 2. The van der Waals surface area contributed by atoms with Crippen LogP contribution in [0.1, 0.15) is 24.8 Å². The quantitative estimate of drug-likeness (QED) is 0.722. The molecule has 2 aliphatic rings. The zero-order valence-electron chi connectivity index (χ0n) is 9.65. The number of carbonyl (C=O) groups is 1. The van der Waals surface area contributed by atoms with Crippen molar-refractivity contribution in [3.05, 3.63) is 48.0 Å². The molecule has 2 saturated carbocycles. The Morgan fingerprint density at radius 3 is 2.71 bits per heavy atom. The van der Waals surface area contributed by atoms with Gasteiger partial charge >= 0.3 is 0 Å². The summed E-state index contributed by atoms with van der Waals surface area (Å²) in [7, 11) is 0. The minimum atomic E-state index is 0.206. The summed E-state index contributed by atoms with van der Waals surface area (Å²) in [6.07, 6.45) is 2.79. The number of fused-ring (bicyclic) bond motifs is 2. The van der Waals surface area contributed by atoms with Gasteiger partial charge in [-0.1, -0.05) is 42.5 Å². The van der Waals surface area contributed by atoms with Gasteiger partial charge in [0, 0.05) is 18.3 Å². The van der Waals surface area contributed by atoms with Gasteiger partial charge in [-0.2, -0.15) is 0 Å². The lowest BCUT2D eigenvalue weighted by molar-refractivity contribution is -0.118. The molecule has 1 heteroatoms. The fourth-order valence-corrected chi connectivity index (χ4v) is 3.65. The SMILES string of the molecule is O=C1C[C@@H]2C[C@]2(c2cccc3ccccc23)C1. The molecule has 0 amide bonds. The lowest BCUT2D eigenvalue weighted by Crippen LogP contribution is -2.08. The summed E-state index contributed by atoms with van der Waals surface area (Å²) in [5.74, 6) is 1.08. The zero-order valence-corrected chi connectivity index (χ0v) is 9.65. The standard InChI is InChI=1S/C16H14O/c17-13-8-12-9-16(12,10-13)15-7-3-5-11-4-1-2-6-14(11)15/h1-7,12H,8-10H2/t12-,16+/m1/s1. The summed E-state index contributed by atoms with van der Waals surface area (Å²) in [6.45, 7) is 0. The molecule has 17 heavy (non-hydrogen) atoms. The van der Waals surface area contributed by atoms with Gasteiger partial charge in [-0.15, -0.1) is 0 Å². The first-order valence-electron chi connectivity index (χ1n) is 6.29. The van der Waals surface area contributed by atoms with E-state index in [1.807, 2.05) is 0 Å². The summed E-state index contributed by atoms with van der Waals surface area (Å²) in [6, 6.07) is 15.0. The molecule has 0 saturated heterocycles. The second-order valence-corrected chi connectivity index (χ2v) is 5.50. The van der Waals surface area contributed by atoms with Crippen LogP contribution in [0.15, 0.2) is 42.5 Å². The summed E-state index contributed by atoms with van der Waals surface area (Å²) in [5, 5.41) is 2.64. The number of rotatable bonds is 1. The molecule has 2 aromatic rings. The maximum atomic E-state index is 11.6. The van der Waals surface area contributed by atoms with Crippen molar-refractivity contribution in [3.8, 4) is 0 Å². The molecule has 0 bridgehead atoms. The third kappa shape index (κ3) is 1.17. The van der Waals surface area contributed by atoms with Crippen molar-refractivity contribution >= 4 is 16.6 Å². The Morgan fingerprint density at radius 2 is 1.88 bits per heavy atom. The van der Waals surface area contributed by atoms with E-state index >= 15 is 0 Å². The van der Waals surface area contributed by atoms with Crippen LogP contribution in [0.3, 0.4) is 0 Å². The monoisotopic (exact) mass is 222 g/mol. The average molecular weight is 222 g/mol. The first-order valence-corrected chi connectivity index (χ1v) is 6.29. The molecular weight excluding hydrogens is 208 g/mol. The zero-order chi connectivity index (χ0) is 11.5.